The number of carbonyl (C=O) groups is 2. The monoisotopic (exact) mass is 338 g/mol. The van der Waals surface area contributed by atoms with Crippen molar-refractivity contribution in [3.05, 3.63) is 34.3 Å². The van der Waals surface area contributed by atoms with Crippen LogP contribution in [0, 0.1) is 11.8 Å². The Kier molecular flexibility index (Phi) is 5.17. The maximum Gasteiger partial charge on any atom is 0.269 e. The van der Waals surface area contributed by atoms with Crippen LogP contribution in [0.5, 0.6) is 0 Å². The summed E-state index contributed by atoms with van der Waals surface area (Å²) in [6.07, 6.45) is 3.97. The van der Waals surface area contributed by atoms with Gasteiger partial charge in [0.1, 0.15) is 0 Å². The van der Waals surface area contributed by atoms with Gasteiger partial charge in [0.05, 0.1) is 0 Å². The largest absolute Gasteiger partial charge is 0.273 e. The van der Waals surface area contributed by atoms with Crippen molar-refractivity contribution < 1.29 is 9.59 Å². The molecule has 1 saturated carbocycles. The number of carbonyl (C=O) groups excluding carboxylic acids is 2. The molecular formula is C15H19BrN2O2. The summed E-state index contributed by atoms with van der Waals surface area (Å²) in [6.45, 7) is 2.21. The van der Waals surface area contributed by atoms with E-state index in [0.717, 1.165) is 30.2 Å². The Labute approximate surface area is 127 Å². The number of hydrogen-bond donors (Lipinski definition) is 2. The zero-order valence-corrected chi connectivity index (χ0v) is 13.1. The average molecular weight is 339 g/mol. The summed E-state index contributed by atoms with van der Waals surface area (Å²) in [5, 5.41) is 0. The molecule has 5 heteroatoms. The lowest BCUT2D eigenvalue weighted by atomic mass is 9.83. The first-order chi connectivity index (χ1) is 9.56. The summed E-state index contributed by atoms with van der Waals surface area (Å²) in [4.78, 5) is 23.8. The second kappa shape index (κ2) is 6.88. The first-order valence-corrected chi connectivity index (χ1v) is 7.71. The van der Waals surface area contributed by atoms with Crippen LogP contribution in [0.1, 0.15) is 43.0 Å². The topological polar surface area (TPSA) is 58.2 Å². The standard InChI is InChI=1S/C15H19BrN2O2/c1-10-2-4-11(5-3-10)14(19)17-18-15(20)12-6-8-13(16)9-7-12/h6-11H,2-5H2,1H3,(H,17,19)(H,18,20). The van der Waals surface area contributed by atoms with E-state index in [2.05, 4.69) is 33.7 Å². The van der Waals surface area contributed by atoms with Gasteiger partial charge in [-0.15, -0.1) is 0 Å². The lowest BCUT2D eigenvalue weighted by Crippen LogP contribution is -2.45. The van der Waals surface area contributed by atoms with E-state index in [9.17, 15) is 9.59 Å². The lowest BCUT2D eigenvalue weighted by molar-refractivity contribution is -0.126. The molecule has 0 unspecified atom stereocenters. The lowest BCUT2D eigenvalue weighted by Gasteiger charge is -2.25. The third-order valence-corrected chi connectivity index (χ3v) is 4.32. The fraction of sp³-hybridized carbons (Fsp3) is 0.467. The highest BCUT2D eigenvalue weighted by Crippen LogP contribution is 2.28. The fourth-order valence-corrected chi connectivity index (χ4v) is 2.68. The minimum Gasteiger partial charge on any atom is -0.273 e. The minimum absolute atomic E-state index is 0.0245. The predicted molar refractivity (Wildman–Crippen MR) is 80.9 cm³/mol. The van der Waals surface area contributed by atoms with Crippen molar-refractivity contribution in [2.24, 2.45) is 11.8 Å². The van der Waals surface area contributed by atoms with E-state index in [1.54, 1.807) is 24.3 Å². The zero-order valence-electron chi connectivity index (χ0n) is 11.5. The number of amides is 2. The van der Waals surface area contributed by atoms with E-state index in [4.69, 9.17) is 0 Å². The number of nitrogens with one attached hydrogen (secondary N) is 2. The van der Waals surface area contributed by atoms with Gasteiger partial charge in [0.15, 0.2) is 0 Å². The fourth-order valence-electron chi connectivity index (χ4n) is 2.42. The van der Waals surface area contributed by atoms with Crippen LogP contribution in [0.25, 0.3) is 0 Å². The van der Waals surface area contributed by atoms with Crippen molar-refractivity contribution in [2.45, 2.75) is 32.6 Å². The van der Waals surface area contributed by atoms with Crippen LogP contribution in [0.4, 0.5) is 0 Å². The van der Waals surface area contributed by atoms with Crippen LogP contribution < -0.4 is 10.9 Å². The van der Waals surface area contributed by atoms with Crippen LogP contribution in [-0.4, -0.2) is 11.8 Å². The molecule has 0 radical (unpaired) electrons. The molecule has 0 heterocycles. The SMILES string of the molecule is CC1CCC(C(=O)NNC(=O)c2ccc(Br)cc2)CC1. The van der Waals surface area contributed by atoms with Crippen LogP contribution in [0.2, 0.25) is 0 Å². The molecule has 1 aromatic rings. The third kappa shape index (κ3) is 4.07. The molecule has 0 bridgehead atoms. The van der Waals surface area contributed by atoms with Crippen LogP contribution in [0.15, 0.2) is 28.7 Å². The number of hydrogen-bond acceptors (Lipinski definition) is 2. The van der Waals surface area contributed by atoms with Crippen molar-refractivity contribution in [1.29, 1.82) is 0 Å². The number of benzene rings is 1. The maximum atomic E-state index is 12.0. The van der Waals surface area contributed by atoms with Crippen LogP contribution in [0.3, 0.4) is 0 Å². The average Bonchev–Trinajstić information content (AvgIpc) is 2.46. The molecule has 108 valence electrons. The highest BCUT2D eigenvalue weighted by molar-refractivity contribution is 9.10. The van der Waals surface area contributed by atoms with Crippen molar-refractivity contribution in [3.8, 4) is 0 Å². The molecule has 0 spiro atoms. The Morgan fingerprint density at radius 1 is 1.05 bits per heavy atom. The highest BCUT2D eigenvalue weighted by Gasteiger charge is 2.24. The second-order valence-corrected chi connectivity index (χ2v) is 6.32. The van der Waals surface area contributed by atoms with E-state index in [1.807, 2.05) is 0 Å². The van der Waals surface area contributed by atoms with Gasteiger partial charge in [-0.05, 0) is 55.9 Å². The molecule has 20 heavy (non-hydrogen) atoms. The molecule has 2 amide bonds. The number of rotatable bonds is 2. The molecular weight excluding hydrogens is 320 g/mol. The van der Waals surface area contributed by atoms with Gasteiger partial charge in [-0.3, -0.25) is 20.4 Å². The first-order valence-electron chi connectivity index (χ1n) is 6.92. The summed E-state index contributed by atoms with van der Waals surface area (Å²) in [5.41, 5.74) is 5.52. The van der Waals surface area contributed by atoms with Crippen molar-refractivity contribution in [3.63, 3.8) is 0 Å². The molecule has 2 N–H and O–H groups in total. The smallest absolute Gasteiger partial charge is 0.269 e. The van der Waals surface area contributed by atoms with E-state index < -0.39 is 0 Å². The van der Waals surface area contributed by atoms with Crippen LogP contribution >= 0.6 is 15.9 Å². The molecule has 4 nitrogen and oxygen atoms in total. The Morgan fingerprint density at radius 2 is 1.65 bits per heavy atom. The van der Waals surface area contributed by atoms with Gasteiger partial charge in [-0.1, -0.05) is 22.9 Å². The quantitative estimate of drug-likeness (QED) is 0.814. The second-order valence-electron chi connectivity index (χ2n) is 5.41. The summed E-state index contributed by atoms with van der Waals surface area (Å²) < 4.78 is 0.911. The van der Waals surface area contributed by atoms with Gasteiger partial charge in [-0.25, -0.2) is 0 Å². The van der Waals surface area contributed by atoms with Gasteiger partial charge in [0.2, 0.25) is 5.91 Å². The maximum absolute atomic E-state index is 12.0. The molecule has 0 aromatic heterocycles. The molecule has 2 rings (SSSR count). The van der Waals surface area contributed by atoms with Gasteiger partial charge in [0, 0.05) is 16.0 Å². The normalized spacial score (nSPS) is 22.1. The molecule has 0 atom stereocenters. The van der Waals surface area contributed by atoms with Crippen LogP contribution in [-0.2, 0) is 4.79 Å². The Balaban J connectivity index is 1.81. The first kappa shape index (κ1) is 15.0. The molecule has 1 aromatic carbocycles. The van der Waals surface area contributed by atoms with Gasteiger partial charge < -0.3 is 0 Å². The zero-order chi connectivity index (χ0) is 14.5. The van der Waals surface area contributed by atoms with E-state index in [0.29, 0.717) is 11.5 Å². The van der Waals surface area contributed by atoms with Crippen molar-refractivity contribution in [1.82, 2.24) is 10.9 Å². The molecule has 1 aliphatic rings. The van der Waals surface area contributed by atoms with E-state index in [-0.39, 0.29) is 17.7 Å². The number of hydrazine groups is 1. The van der Waals surface area contributed by atoms with Crippen molar-refractivity contribution in [2.75, 3.05) is 0 Å². The molecule has 1 fully saturated rings. The summed E-state index contributed by atoms with van der Waals surface area (Å²) in [7, 11) is 0. The van der Waals surface area contributed by atoms with Gasteiger partial charge >= 0.3 is 0 Å². The van der Waals surface area contributed by atoms with E-state index in [1.165, 1.54) is 0 Å². The molecule has 1 aliphatic carbocycles. The van der Waals surface area contributed by atoms with Gasteiger partial charge in [0.25, 0.3) is 5.91 Å². The van der Waals surface area contributed by atoms with Gasteiger partial charge in [-0.2, -0.15) is 0 Å². The highest BCUT2D eigenvalue weighted by atomic mass is 79.9. The Bertz CT molecular complexity index is 479. The third-order valence-electron chi connectivity index (χ3n) is 3.79. The Morgan fingerprint density at radius 3 is 2.25 bits per heavy atom. The summed E-state index contributed by atoms with van der Waals surface area (Å²) >= 11 is 3.31. The summed E-state index contributed by atoms with van der Waals surface area (Å²) in [6, 6.07) is 6.99. The minimum atomic E-state index is -0.296. The predicted octanol–water partition coefficient (Wildman–Crippen LogP) is 3.04. The van der Waals surface area contributed by atoms with Crippen molar-refractivity contribution >= 4 is 27.7 Å². The summed E-state index contributed by atoms with van der Waals surface area (Å²) in [5.74, 6) is 0.352. The molecule has 0 aliphatic heterocycles. The Hall–Kier alpha value is -1.36. The van der Waals surface area contributed by atoms with E-state index >= 15 is 0 Å². The number of halogens is 1. The molecule has 0 saturated heterocycles.